The summed E-state index contributed by atoms with van der Waals surface area (Å²) in [6, 6.07) is 129. The molecule has 12 aromatic carbocycles. The van der Waals surface area contributed by atoms with E-state index in [0.717, 1.165) is 0 Å². The molecule has 0 spiro atoms. The van der Waals surface area contributed by atoms with Gasteiger partial charge in [-0.2, -0.15) is 0 Å². The molecule has 96 heavy (non-hydrogen) atoms. The molecule has 0 saturated heterocycles. The molecule has 0 fully saturated rings. The smallest absolute Gasteiger partial charge is 0.255 e. The second-order valence-corrected chi connectivity index (χ2v) is 29.8. The van der Waals surface area contributed by atoms with Crippen molar-refractivity contribution in [3.63, 3.8) is 0 Å². The van der Waals surface area contributed by atoms with Gasteiger partial charge in [0, 0.05) is 0 Å². The summed E-state index contributed by atoms with van der Waals surface area (Å²) in [5.41, 5.74) is 0. The highest BCUT2D eigenvalue weighted by Gasteiger charge is 2.31. The van der Waals surface area contributed by atoms with Crippen LogP contribution in [0, 0.1) is 0 Å². The highest BCUT2D eigenvalue weighted by atomic mass is 32.3. The van der Waals surface area contributed by atoms with Gasteiger partial charge in [0.2, 0.25) is 0 Å². The summed E-state index contributed by atoms with van der Waals surface area (Å²) >= 11 is 0. The fourth-order valence-corrected chi connectivity index (χ4v) is 16.7. The van der Waals surface area contributed by atoms with Crippen LogP contribution in [0.4, 0.5) is 15.5 Å². The molecule has 496 valence electrons. The molecule has 0 radical (unpaired) electrons. The zero-order valence-corrected chi connectivity index (χ0v) is 56.8. The summed E-state index contributed by atoms with van der Waals surface area (Å²) in [4.78, 5) is 16.3. The molecule has 0 saturated carbocycles. The first-order valence-electron chi connectivity index (χ1n) is 28.0. The van der Waals surface area contributed by atoms with Gasteiger partial charge < -0.3 is 18.2 Å². The van der Waals surface area contributed by atoms with Crippen LogP contribution in [0.25, 0.3) is 0 Å². The van der Waals surface area contributed by atoms with Crippen LogP contribution in [0.3, 0.4) is 0 Å². The van der Waals surface area contributed by atoms with E-state index >= 15 is 0 Å². The number of rotatable bonds is 12. The SMILES string of the molecule is O=S(=O)([O-])F.O=S(=O)([O-])F.O=S(=O)([O-])F.O=S(=O)([O-])F.c1ccc([S+](c2ccccc2)c2ccccc2)cc1.c1ccc([S+](c2ccccc2)c2ccccc2)cc1.c1ccc([S+](c2ccccc2)c2ccccc2)cc1.c1ccc([S+](c2ccccc2)c2ccccc2)cc1. The van der Waals surface area contributed by atoms with Crippen molar-refractivity contribution in [2.75, 3.05) is 0 Å². The van der Waals surface area contributed by atoms with Gasteiger partial charge in [0.25, 0.3) is 42.0 Å². The average Bonchev–Trinajstić information content (AvgIpc) is 1.11. The Balaban J connectivity index is 0.000000211. The standard InChI is InChI=1S/4C18H15S.4FHO3S/c4*1-4-10-16(11-5-1)19(17-12-6-2-7-13-17)18-14-8-3-9-15-18;4*1-5(2,3)4/h4*1-15H;4*(H,2,3,4)/q4*+1;;;;/p-4. The van der Waals surface area contributed by atoms with Crippen molar-refractivity contribution in [1.29, 1.82) is 0 Å². The van der Waals surface area contributed by atoms with Crippen LogP contribution < -0.4 is 0 Å². The van der Waals surface area contributed by atoms with Crippen LogP contribution in [0.15, 0.2) is 423 Å². The van der Waals surface area contributed by atoms with Crippen molar-refractivity contribution >= 4 is 85.6 Å². The summed E-state index contributed by atoms with van der Waals surface area (Å²) < 4.78 is 141. The first-order chi connectivity index (χ1) is 45.8. The number of benzene rings is 12. The highest BCUT2D eigenvalue weighted by Crippen LogP contribution is 2.34. The van der Waals surface area contributed by atoms with E-state index in [0.29, 0.717) is 0 Å². The van der Waals surface area contributed by atoms with Gasteiger partial charge in [0.15, 0.2) is 58.7 Å². The second-order valence-electron chi connectivity index (χ2n) is 18.6. The van der Waals surface area contributed by atoms with E-state index in [4.69, 9.17) is 51.9 Å². The molecule has 0 amide bonds. The van der Waals surface area contributed by atoms with E-state index in [1.807, 2.05) is 0 Å². The summed E-state index contributed by atoms with van der Waals surface area (Å²) in [5.74, 6) is 0. The minimum absolute atomic E-state index is 0.0146. The minimum atomic E-state index is -5.42. The molecular weight excluding hydrogens is 1390 g/mol. The largest absolute Gasteiger partial charge is 0.722 e. The number of halogens is 4. The molecule has 0 aliphatic rings. The molecule has 12 aromatic rings. The van der Waals surface area contributed by atoms with Gasteiger partial charge >= 0.3 is 0 Å². The fourth-order valence-electron chi connectivity index (χ4n) is 8.31. The van der Waals surface area contributed by atoms with Gasteiger partial charge in [-0.1, -0.05) is 218 Å². The van der Waals surface area contributed by atoms with E-state index in [1.165, 1.54) is 58.7 Å². The van der Waals surface area contributed by atoms with Crippen molar-refractivity contribution in [2.45, 2.75) is 58.7 Å². The minimum Gasteiger partial charge on any atom is -0.722 e. The third-order valence-electron chi connectivity index (χ3n) is 11.7. The maximum absolute atomic E-state index is 10.1. The molecular formula is C72H60F4O12S8. The van der Waals surface area contributed by atoms with Gasteiger partial charge in [-0.3, -0.25) is 0 Å². The first-order valence-corrected chi connectivity index (χ1v) is 38.1. The lowest BCUT2D eigenvalue weighted by atomic mass is 10.4. The van der Waals surface area contributed by atoms with E-state index < -0.39 is 42.0 Å². The lowest BCUT2D eigenvalue weighted by molar-refractivity contribution is 0.414. The highest BCUT2D eigenvalue weighted by molar-refractivity contribution is 7.98. The zero-order valence-electron chi connectivity index (χ0n) is 50.3. The Morgan fingerprint density at radius 2 is 0.208 bits per heavy atom. The Bertz CT molecular complexity index is 3540. The van der Waals surface area contributed by atoms with E-state index in [1.54, 1.807) is 0 Å². The van der Waals surface area contributed by atoms with Crippen molar-refractivity contribution in [3.05, 3.63) is 364 Å². The predicted octanol–water partition coefficient (Wildman–Crippen LogP) is 16.8. The van der Waals surface area contributed by atoms with E-state index in [-0.39, 0.29) is 43.6 Å². The predicted molar refractivity (Wildman–Crippen MR) is 369 cm³/mol. The van der Waals surface area contributed by atoms with Crippen LogP contribution >= 0.6 is 0 Å². The van der Waals surface area contributed by atoms with Crippen molar-refractivity contribution in [3.8, 4) is 0 Å². The Labute approximate surface area is 571 Å². The molecule has 0 bridgehead atoms. The van der Waals surface area contributed by atoms with Crippen LogP contribution in [-0.4, -0.2) is 51.9 Å². The average molecular weight is 1450 g/mol. The molecule has 0 heterocycles. The third-order valence-corrected chi connectivity index (χ3v) is 20.7. The lowest BCUT2D eigenvalue weighted by Gasteiger charge is -2.07. The fraction of sp³-hybridized carbons (Fsp3) is 0. The van der Waals surface area contributed by atoms with Crippen molar-refractivity contribution in [1.82, 2.24) is 0 Å². The first kappa shape index (κ1) is 78.1. The van der Waals surface area contributed by atoms with Gasteiger partial charge in [-0.25, -0.2) is 33.7 Å². The van der Waals surface area contributed by atoms with E-state index in [9.17, 15) is 15.5 Å². The molecule has 0 aliphatic carbocycles. The Morgan fingerprint density at radius 3 is 0.260 bits per heavy atom. The summed E-state index contributed by atoms with van der Waals surface area (Å²) in [6.45, 7) is 0. The maximum atomic E-state index is 10.1. The van der Waals surface area contributed by atoms with Crippen LogP contribution in [-0.2, 0) is 85.6 Å². The van der Waals surface area contributed by atoms with Crippen LogP contribution in [0.1, 0.15) is 0 Å². The van der Waals surface area contributed by atoms with Crippen LogP contribution in [0.5, 0.6) is 0 Å². The van der Waals surface area contributed by atoms with Gasteiger partial charge in [-0.15, -0.1) is 15.5 Å². The Kier molecular flexibility index (Phi) is 33.7. The number of hydrogen-bond donors (Lipinski definition) is 0. The molecule has 0 N–H and O–H groups in total. The quantitative estimate of drug-likeness (QED) is 0.0481. The van der Waals surface area contributed by atoms with Crippen molar-refractivity contribution in [2.24, 2.45) is 0 Å². The Morgan fingerprint density at radius 1 is 0.156 bits per heavy atom. The normalized spacial score (nSPS) is 10.8. The molecule has 0 atom stereocenters. The van der Waals surface area contributed by atoms with Gasteiger partial charge in [-0.05, 0) is 146 Å². The molecule has 0 aromatic heterocycles. The molecule has 24 heteroatoms. The van der Waals surface area contributed by atoms with Gasteiger partial charge in [0.1, 0.15) is 0 Å². The molecule has 0 unspecified atom stereocenters. The Hall–Kier alpha value is -8.60. The monoisotopic (exact) mass is 1450 g/mol. The molecule has 12 nitrogen and oxygen atoms in total. The van der Waals surface area contributed by atoms with Crippen LogP contribution in [0.2, 0.25) is 0 Å². The summed E-state index contributed by atoms with van der Waals surface area (Å²) in [6.07, 6.45) is 0. The zero-order chi connectivity index (χ0) is 69.7. The second kappa shape index (κ2) is 41.4. The summed E-state index contributed by atoms with van der Waals surface area (Å²) in [7, 11) is -21.7. The van der Waals surface area contributed by atoms with Gasteiger partial charge in [0.05, 0.1) is 43.6 Å². The summed E-state index contributed by atoms with van der Waals surface area (Å²) in [5, 5.41) is 0. The molecule has 12 rings (SSSR count). The van der Waals surface area contributed by atoms with E-state index in [2.05, 4.69) is 364 Å². The number of hydrogen-bond acceptors (Lipinski definition) is 12. The topological polar surface area (TPSA) is 229 Å². The lowest BCUT2D eigenvalue weighted by Crippen LogP contribution is -2.04. The maximum Gasteiger partial charge on any atom is 0.255 e. The third kappa shape index (κ3) is 33.2. The molecule has 0 aliphatic heterocycles. The van der Waals surface area contributed by atoms with Crippen molar-refractivity contribution < 1.29 is 67.4 Å².